The summed E-state index contributed by atoms with van der Waals surface area (Å²) < 4.78 is 5.63. The molecule has 0 spiro atoms. The molecule has 0 saturated heterocycles. The van der Waals surface area contributed by atoms with Gasteiger partial charge in [-0.3, -0.25) is 9.78 Å². The van der Waals surface area contributed by atoms with E-state index in [2.05, 4.69) is 32.4 Å². The van der Waals surface area contributed by atoms with Gasteiger partial charge in [0.05, 0.1) is 11.3 Å². The standard InChI is InChI=1S/C26H22N6O2S/c1-4-22-19(10-18(12-27-22)25-32-31-16(3)34-25)21-13-28-24(29-15(2)33)11-20(21)26-30-23(14-35-26)17-8-6-5-7-9-17/h5-14H,4H2,1-3H3,(H,28,29,33). The van der Waals surface area contributed by atoms with Gasteiger partial charge in [0.25, 0.3) is 0 Å². The number of thiazole rings is 1. The molecule has 4 heterocycles. The maximum Gasteiger partial charge on any atom is 0.249 e. The molecule has 0 bridgehead atoms. The van der Waals surface area contributed by atoms with Gasteiger partial charge < -0.3 is 9.73 Å². The van der Waals surface area contributed by atoms with Gasteiger partial charge in [-0.15, -0.1) is 21.5 Å². The summed E-state index contributed by atoms with van der Waals surface area (Å²) in [5.74, 6) is 1.16. The van der Waals surface area contributed by atoms with Crippen LogP contribution in [-0.2, 0) is 11.2 Å². The largest absolute Gasteiger partial charge is 0.421 e. The fraction of sp³-hybridized carbons (Fsp3) is 0.154. The lowest BCUT2D eigenvalue weighted by molar-refractivity contribution is -0.114. The zero-order valence-electron chi connectivity index (χ0n) is 19.4. The van der Waals surface area contributed by atoms with Crippen LogP contribution in [0.1, 0.15) is 25.4 Å². The lowest BCUT2D eigenvalue weighted by atomic mass is 9.98. The van der Waals surface area contributed by atoms with Crippen LogP contribution >= 0.6 is 11.3 Å². The van der Waals surface area contributed by atoms with E-state index in [1.165, 1.54) is 18.3 Å². The Morgan fingerprint density at radius 2 is 1.83 bits per heavy atom. The average Bonchev–Trinajstić information content (AvgIpc) is 3.53. The van der Waals surface area contributed by atoms with Gasteiger partial charge in [-0.25, -0.2) is 9.97 Å². The Labute approximate surface area is 206 Å². The monoisotopic (exact) mass is 482 g/mol. The second-order valence-electron chi connectivity index (χ2n) is 7.90. The predicted octanol–water partition coefficient (Wildman–Crippen LogP) is 5.81. The molecule has 5 rings (SSSR count). The van der Waals surface area contributed by atoms with Crippen molar-refractivity contribution in [1.82, 2.24) is 25.1 Å². The van der Waals surface area contributed by atoms with Crippen molar-refractivity contribution >= 4 is 23.1 Å². The molecule has 174 valence electrons. The Morgan fingerprint density at radius 3 is 2.54 bits per heavy atom. The van der Waals surface area contributed by atoms with Gasteiger partial charge in [-0.1, -0.05) is 37.3 Å². The molecule has 0 fully saturated rings. The fourth-order valence-corrected chi connectivity index (χ4v) is 4.63. The van der Waals surface area contributed by atoms with Crippen molar-refractivity contribution in [3.8, 4) is 44.4 Å². The zero-order chi connectivity index (χ0) is 24.4. The molecule has 0 saturated carbocycles. The van der Waals surface area contributed by atoms with Crippen LogP contribution in [0.3, 0.4) is 0 Å². The molecule has 4 aromatic heterocycles. The van der Waals surface area contributed by atoms with E-state index in [0.717, 1.165) is 50.6 Å². The zero-order valence-corrected chi connectivity index (χ0v) is 20.3. The quantitative estimate of drug-likeness (QED) is 0.325. The minimum Gasteiger partial charge on any atom is -0.421 e. The van der Waals surface area contributed by atoms with Gasteiger partial charge in [0.1, 0.15) is 10.8 Å². The minimum atomic E-state index is -0.190. The van der Waals surface area contributed by atoms with Crippen molar-refractivity contribution in [3.05, 3.63) is 71.8 Å². The first-order valence-electron chi connectivity index (χ1n) is 11.1. The summed E-state index contributed by atoms with van der Waals surface area (Å²) in [6, 6.07) is 13.9. The highest BCUT2D eigenvalue weighted by molar-refractivity contribution is 7.13. The Hall–Kier alpha value is -4.24. The fourth-order valence-electron chi connectivity index (χ4n) is 3.77. The topological polar surface area (TPSA) is 107 Å². The number of carbonyl (C=O) groups is 1. The molecule has 0 atom stereocenters. The summed E-state index contributed by atoms with van der Waals surface area (Å²) in [5.41, 5.74) is 6.16. The Bertz CT molecular complexity index is 1510. The minimum absolute atomic E-state index is 0.190. The second-order valence-corrected chi connectivity index (χ2v) is 8.76. The number of aromatic nitrogens is 5. The van der Waals surface area contributed by atoms with Crippen molar-refractivity contribution < 1.29 is 9.21 Å². The highest BCUT2D eigenvalue weighted by Crippen LogP contribution is 2.39. The van der Waals surface area contributed by atoms with Crippen LogP contribution in [0.4, 0.5) is 5.82 Å². The third-order valence-electron chi connectivity index (χ3n) is 5.38. The van der Waals surface area contributed by atoms with Gasteiger partial charge >= 0.3 is 0 Å². The van der Waals surface area contributed by atoms with Crippen LogP contribution in [-0.4, -0.2) is 31.1 Å². The maximum absolute atomic E-state index is 11.7. The summed E-state index contributed by atoms with van der Waals surface area (Å²) in [5, 5.41) is 13.7. The van der Waals surface area contributed by atoms with Gasteiger partial charge in [0.2, 0.25) is 17.7 Å². The lowest BCUT2D eigenvalue weighted by Gasteiger charge is -2.13. The van der Waals surface area contributed by atoms with Crippen molar-refractivity contribution in [2.24, 2.45) is 0 Å². The first kappa shape index (κ1) is 22.5. The smallest absolute Gasteiger partial charge is 0.249 e. The van der Waals surface area contributed by atoms with Crippen molar-refractivity contribution in [2.75, 3.05) is 5.32 Å². The van der Waals surface area contributed by atoms with E-state index in [9.17, 15) is 4.79 Å². The number of anilines is 1. The molecule has 0 aliphatic carbocycles. The predicted molar refractivity (Wildman–Crippen MR) is 136 cm³/mol. The number of pyridine rings is 2. The first-order valence-corrected chi connectivity index (χ1v) is 12.0. The molecule has 0 aliphatic rings. The molecule has 1 amide bonds. The van der Waals surface area contributed by atoms with Gasteiger partial charge in [0, 0.05) is 59.6 Å². The highest BCUT2D eigenvalue weighted by Gasteiger charge is 2.19. The Morgan fingerprint density at radius 1 is 1.00 bits per heavy atom. The molecule has 5 aromatic rings. The lowest BCUT2D eigenvalue weighted by Crippen LogP contribution is -2.08. The third-order valence-corrected chi connectivity index (χ3v) is 6.26. The highest BCUT2D eigenvalue weighted by atomic mass is 32.1. The normalized spacial score (nSPS) is 10.9. The Kier molecular flexibility index (Phi) is 6.15. The number of benzene rings is 1. The van der Waals surface area contributed by atoms with E-state index in [0.29, 0.717) is 17.6 Å². The molecule has 0 unspecified atom stereocenters. The molecule has 9 heteroatoms. The number of aryl methyl sites for hydroxylation is 2. The van der Waals surface area contributed by atoms with E-state index < -0.39 is 0 Å². The van der Waals surface area contributed by atoms with E-state index in [4.69, 9.17) is 9.40 Å². The van der Waals surface area contributed by atoms with Gasteiger partial charge in [-0.2, -0.15) is 0 Å². The molecule has 1 aromatic carbocycles. The molecular formula is C26H22N6O2S. The molecule has 0 radical (unpaired) electrons. The maximum atomic E-state index is 11.7. The second kappa shape index (κ2) is 9.55. The molecule has 35 heavy (non-hydrogen) atoms. The Balaban J connectivity index is 1.67. The molecule has 1 N–H and O–H groups in total. The van der Waals surface area contributed by atoms with E-state index >= 15 is 0 Å². The number of hydrogen-bond acceptors (Lipinski definition) is 8. The number of hydrogen-bond donors (Lipinski definition) is 1. The van der Waals surface area contributed by atoms with E-state index in [1.807, 2.05) is 47.8 Å². The molecular weight excluding hydrogens is 460 g/mol. The van der Waals surface area contributed by atoms with Crippen LogP contribution in [0.25, 0.3) is 44.4 Å². The summed E-state index contributed by atoms with van der Waals surface area (Å²) in [6.07, 6.45) is 4.21. The number of nitrogens with one attached hydrogen (secondary N) is 1. The van der Waals surface area contributed by atoms with E-state index in [-0.39, 0.29) is 5.91 Å². The number of amides is 1. The third kappa shape index (κ3) is 4.71. The van der Waals surface area contributed by atoms with Crippen molar-refractivity contribution in [3.63, 3.8) is 0 Å². The van der Waals surface area contributed by atoms with Crippen LogP contribution in [0, 0.1) is 6.92 Å². The number of carbonyl (C=O) groups excluding carboxylic acids is 1. The van der Waals surface area contributed by atoms with Crippen molar-refractivity contribution in [1.29, 1.82) is 0 Å². The SMILES string of the molecule is CCc1ncc(-c2nnc(C)o2)cc1-c1cnc(NC(C)=O)cc1-c1nc(-c2ccccc2)cs1. The van der Waals surface area contributed by atoms with Crippen LogP contribution in [0.2, 0.25) is 0 Å². The summed E-state index contributed by atoms with van der Waals surface area (Å²) in [7, 11) is 0. The molecule has 8 nitrogen and oxygen atoms in total. The van der Waals surface area contributed by atoms with Crippen molar-refractivity contribution in [2.45, 2.75) is 27.2 Å². The van der Waals surface area contributed by atoms with Crippen LogP contribution < -0.4 is 5.32 Å². The molecule has 0 aliphatic heterocycles. The average molecular weight is 483 g/mol. The first-order chi connectivity index (χ1) is 17.0. The van der Waals surface area contributed by atoms with Gasteiger partial charge in [0.15, 0.2) is 0 Å². The summed E-state index contributed by atoms with van der Waals surface area (Å²) >= 11 is 1.54. The summed E-state index contributed by atoms with van der Waals surface area (Å²) in [4.78, 5) is 25.8. The van der Waals surface area contributed by atoms with Crippen LogP contribution in [0.15, 0.2) is 64.7 Å². The summed E-state index contributed by atoms with van der Waals surface area (Å²) in [6.45, 7) is 5.26. The number of nitrogens with zero attached hydrogens (tertiary/aromatic N) is 5. The van der Waals surface area contributed by atoms with Crippen LogP contribution in [0.5, 0.6) is 0 Å². The van der Waals surface area contributed by atoms with Gasteiger partial charge in [-0.05, 0) is 18.6 Å². The van der Waals surface area contributed by atoms with E-state index in [1.54, 1.807) is 19.3 Å². The number of rotatable bonds is 6.